The highest BCUT2D eigenvalue weighted by Crippen LogP contribution is 2.25. The van der Waals surface area contributed by atoms with E-state index in [-0.39, 0.29) is 12.5 Å². The molecular weight excluding hydrogens is 358 g/mol. The Morgan fingerprint density at radius 2 is 1.63 bits per heavy atom. The maximum atomic E-state index is 13.8. The lowest BCUT2D eigenvalue weighted by Gasteiger charge is -2.29. The maximum absolute atomic E-state index is 13.8. The predicted molar refractivity (Wildman–Crippen MR) is 96.1 cm³/mol. The summed E-state index contributed by atoms with van der Waals surface area (Å²) in [5.74, 6) is -5.12. The Kier molecular flexibility index (Phi) is 7.87. The molecule has 1 atom stereocenters. The molecule has 0 heterocycles. The van der Waals surface area contributed by atoms with Gasteiger partial charge in [-0.15, -0.1) is 0 Å². The molecule has 8 heteroatoms. The highest BCUT2D eigenvalue weighted by molar-refractivity contribution is 5.98. The van der Waals surface area contributed by atoms with Gasteiger partial charge < -0.3 is 15.7 Å². The molecule has 0 aliphatic carbocycles. The predicted octanol–water partition coefficient (Wildman–Crippen LogP) is 2.73. The minimum absolute atomic E-state index is 0.110. The molecule has 0 aromatic heterocycles. The second-order valence-corrected chi connectivity index (χ2v) is 6.80. The fourth-order valence-corrected chi connectivity index (χ4v) is 2.71. The van der Waals surface area contributed by atoms with Gasteiger partial charge in [0.05, 0.1) is 5.41 Å². The molecule has 0 spiro atoms. The van der Waals surface area contributed by atoms with Crippen LogP contribution in [0, 0.1) is 23.0 Å². The molecule has 27 heavy (non-hydrogen) atoms. The molecule has 2 amide bonds. The van der Waals surface area contributed by atoms with E-state index in [0.717, 1.165) is 18.2 Å². The van der Waals surface area contributed by atoms with Crippen LogP contribution in [0.5, 0.6) is 0 Å². The second-order valence-electron chi connectivity index (χ2n) is 6.80. The molecule has 0 bridgehead atoms. The molecule has 0 aliphatic heterocycles. The molecule has 0 radical (unpaired) electrons. The fraction of sp³-hybridized carbons (Fsp3) is 0.526. The zero-order chi connectivity index (χ0) is 20.8. The number of rotatable bonds is 9. The van der Waals surface area contributed by atoms with E-state index >= 15 is 0 Å². The molecule has 1 aromatic rings. The fourth-order valence-electron chi connectivity index (χ4n) is 2.71. The molecule has 1 rings (SSSR count). The summed E-state index contributed by atoms with van der Waals surface area (Å²) in [7, 11) is 0. The van der Waals surface area contributed by atoms with Crippen LogP contribution in [0.3, 0.4) is 0 Å². The molecule has 150 valence electrons. The Labute approximate surface area is 157 Å². The van der Waals surface area contributed by atoms with E-state index in [0.29, 0.717) is 12.8 Å². The number of carbonyl (C=O) groups excluding carboxylic acids is 2. The second kappa shape index (κ2) is 9.43. The van der Waals surface area contributed by atoms with Crippen molar-refractivity contribution in [2.24, 2.45) is 11.3 Å². The van der Waals surface area contributed by atoms with E-state index in [4.69, 9.17) is 0 Å². The lowest BCUT2D eigenvalue weighted by Crippen LogP contribution is -2.52. The Hall–Kier alpha value is -2.51. The van der Waals surface area contributed by atoms with Crippen LogP contribution in [-0.4, -0.2) is 35.5 Å². The van der Waals surface area contributed by atoms with Crippen molar-refractivity contribution in [2.75, 3.05) is 6.54 Å². The van der Waals surface area contributed by atoms with E-state index in [1.807, 2.05) is 0 Å². The number of hydrogen-bond acceptors (Lipinski definition) is 3. The Morgan fingerprint density at radius 3 is 2.04 bits per heavy atom. The summed E-state index contributed by atoms with van der Waals surface area (Å²) in [4.78, 5) is 36.3. The van der Waals surface area contributed by atoms with E-state index in [1.54, 1.807) is 27.7 Å². The summed E-state index contributed by atoms with van der Waals surface area (Å²) >= 11 is 0. The monoisotopic (exact) mass is 384 g/mol. The van der Waals surface area contributed by atoms with Crippen molar-refractivity contribution >= 4 is 17.8 Å². The molecule has 1 unspecified atom stereocenters. The van der Waals surface area contributed by atoms with Crippen LogP contribution in [-0.2, 0) is 9.59 Å². The van der Waals surface area contributed by atoms with E-state index in [1.165, 1.54) is 0 Å². The summed E-state index contributed by atoms with van der Waals surface area (Å²) in [5, 5.41) is 14.3. The highest BCUT2D eigenvalue weighted by atomic mass is 19.1. The number of benzene rings is 1. The van der Waals surface area contributed by atoms with Crippen LogP contribution in [0.2, 0.25) is 0 Å². The first-order valence-corrected chi connectivity index (χ1v) is 8.85. The lowest BCUT2D eigenvalue weighted by atomic mass is 9.82. The summed E-state index contributed by atoms with van der Waals surface area (Å²) in [6.07, 6.45) is 0.635. The summed E-state index contributed by atoms with van der Waals surface area (Å²) in [6.45, 7) is 6.64. The van der Waals surface area contributed by atoms with Crippen molar-refractivity contribution in [3.05, 3.63) is 35.4 Å². The molecule has 1 aromatic carbocycles. The average molecular weight is 384 g/mol. The first-order valence-electron chi connectivity index (χ1n) is 8.85. The number of carboxylic acids is 1. The minimum Gasteiger partial charge on any atom is -0.481 e. The van der Waals surface area contributed by atoms with Gasteiger partial charge in [-0.2, -0.15) is 0 Å². The molecule has 0 aliphatic rings. The van der Waals surface area contributed by atoms with Crippen molar-refractivity contribution in [2.45, 2.75) is 46.6 Å². The van der Waals surface area contributed by atoms with Crippen LogP contribution >= 0.6 is 0 Å². The number of nitrogens with one attached hydrogen (secondary N) is 2. The Bertz CT molecular complexity index is 683. The van der Waals surface area contributed by atoms with Gasteiger partial charge in [-0.1, -0.05) is 33.8 Å². The van der Waals surface area contributed by atoms with Crippen molar-refractivity contribution in [3.8, 4) is 0 Å². The van der Waals surface area contributed by atoms with Gasteiger partial charge in [-0.3, -0.25) is 14.4 Å². The number of hydrogen-bond donors (Lipinski definition) is 3. The number of carbonyl (C=O) groups is 3. The van der Waals surface area contributed by atoms with E-state index in [9.17, 15) is 28.3 Å². The van der Waals surface area contributed by atoms with Gasteiger partial charge in [0.2, 0.25) is 5.91 Å². The summed E-state index contributed by atoms with van der Waals surface area (Å²) in [6, 6.07) is 1.96. The third kappa shape index (κ3) is 5.24. The van der Waals surface area contributed by atoms with Crippen LogP contribution < -0.4 is 10.6 Å². The molecule has 0 fully saturated rings. The maximum Gasteiger partial charge on any atom is 0.311 e. The summed E-state index contributed by atoms with van der Waals surface area (Å²) in [5.41, 5.74) is -1.88. The van der Waals surface area contributed by atoms with Crippen molar-refractivity contribution in [3.63, 3.8) is 0 Å². The van der Waals surface area contributed by atoms with Crippen LogP contribution in [0.15, 0.2) is 18.2 Å². The first kappa shape index (κ1) is 22.5. The number of carboxylic acid groups (broad SMARTS) is 1. The van der Waals surface area contributed by atoms with Crippen molar-refractivity contribution in [1.29, 1.82) is 0 Å². The van der Waals surface area contributed by atoms with Gasteiger partial charge in [0.25, 0.3) is 5.91 Å². The van der Waals surface area contributed by atoms with Gasteiger partial charge in [0.1, 0.15) is 23.2 Å². The minimum atomic E-state index is -1.11. The lowest BCUT2D eigenvalue weighted by molar-refractivity contribution is -0.149. The van der Waals surface area contributed by atoms with Crippen LogP contribution in [0.1, 0.15) is 50.9 Å². The SMILES string of the molecule is CCC(CC)(CNC(=O)C(NC(=O)c1c(F)cccc1F)C(C)C)C(=O)O. The van der Waals surface area contributed by atoms with Crippen molar-refractivity contribution < 1.29 is 28.3 Å². The Morgan fingerprint density at radius 1 is 1.11 bits per heavy atom. The van der Waals surface area contributed by atoms with Crippen LogP contribution in [0.25, 0.3) is 0 Å². The smallest absolute Gasteiger partial charge is 0.311 e. The van der Waals surface area contributed by atoms with Crippen LogP contribution in [0.4, 0.5) is 8.78 Å². The third-order valence-corrected chi connectivity index (χ3v) is 4.83. The molecular formula is C19H26F2N2O4. The topological polar surface area (TPSA) is 95.5 Å². The van der Waals surface area contributed by atoms with E-state index < -0.39 is 46.4 Å². The van der Waals surface area contributed by atoms with E-state index in [2.05, 4.69) is 10.6 Å². The molecule has 0 saturated carbocycles. The highest BCUT2D eigenvalue weighted by Gasteiger charge is 2.36. The van der Waals surface area contributed by atoms with Gasteiger partial charge in [-0.05, 0) is 30.9 Å². The quantitative estimate of drug-likeness (QED) is 0.610. The first-order chi connectivity index (χ1) is 12.6. The molecule has 0 saturated heterocycles. The zero-order valence-corrected chi connectivity index (χ0v) is 15.9. The van der Waals surface area contributed by atoms with Gasteiger partial charge in [0, 0.05) is 6.54 Å². The Balaban J connectivity index is 2.94. The summed E-state index contributed by atoms with van der Waals surface area (Å²) < 4.78 is 27.5. The number of amides is 2. The van der Waals surface area contributed by atoms with Crippen molar-refractivity contribution in [1.82, 2.24) is 10.6 Å². The van der Waals surface area contributed by atoms with Gasteiger partial charge in [0.15, 0.2) is 0 Å². The van der Waals surface area contributed by atoms with Gasteiger partial charge >= 0.3 is 5.97 Å². The largest absolute Gasteiger partial charge is 0.481 e. The molecule has 3 N–H and O–H groups in total. The normalized spacial score (nSPS) is 12.6. The third-order valence-electron chi connectivity index (χ3n) is 4.83. The number of halogens is 2. The number of aliphatic carboxylic acids is 1. The van der Waals surface area contributed by atoms with Gasteiger partial charge in [-0.25, -0.2) is 8.78 Å². The zero-order valence-electron chi connectivity index (χ0n) is 15.9. The average Bonchev–Trinajstić information content (AvgIpc) is 2.60. The standard InChI is InChI=1S/C19H26F2N2O4/c1-5-19(6-2,18(26)27)10-22-17(25)15(11(3)4)23-16(24)14-12(20)8-7-9-13(14)21/h7-9,11,15H,5-6,10H2,1-4H3,(H,22,25)(H,23,24)(H,26,27). The molecule has 6 nitrogen and oxygen atoms in total.